The molecule has 0 bridgehead atoms. The number of rotatable bonds is 6. The molecule has 18 heavy (non-hydrogen) atoms. The van der Waals surface area contributed by atoms with Gasteiger partial charge in [0.15, 0.2) is 0 Å². The van der Waals surface area contributed by atoms with Crippen LogP contribution in [0.25, 0.3) is 0 Å². The van der Waals surface area contributed by atoms with Gasteiger partial charge in [-0.15, -0.1) is 11.3 Å². The SMILES string of the molecule is O=S(=O)(NC(CCO)C1CC1)c1cc(Cl)sc1Cl. The largest absolute Gasteiger partial charge is 0.396 e. The van der Waals surface area contributed by atoms with Crippen LogP contribution in [0.4, 0.5) is 0 Å². The van der Waals surface area contributed by atoms with Crippen molar-refractivity contribution in [2.24, 2.45) is 5.92 Å². The molecule has 0 radical (unpaired) electrons. The summed E-state index contributed by atoms with van der Waals surface area (Å²) in [6.45, 7) is -0.0399. The minimum atomic E-state index is -3.66. The molecule has 1 fully saturated rings. The Morgan fingerprint density at radius 1 is 1.50 bits per heavy atom. The normalized spacial score (nSPS) is 17.9. The Morgan fingerprint density at radius 2 is 2.17 bits per heavy atom. The average Bonchev–Trinajstić information content (AvgIpc) is 3.03. The first-order valence-corrected chi connectivity index (χ1v) is 8.57. The molecular formula is C10H13Cl2NO3S2. The summed E-state index contributed by atoms with van der Waals surface area (Å²) in [5.74, 6) is 0.319. The maximum Gasteiger partial charge on any atom is 0.243 e. The molecule has 1 heterocycles. The average molecular weight is 330 g/mol. The van der Waals surface area contributed by atoms with Crippen LogP contribution in [-0.2, 0) is 10.0 Å². The van der Waals surface area contributed by atoms with Crippen LogP contribution in [0.15, 0.2) is 11.0 Å². The van der Waals surface area contributed by atoms with E-state index in [4.69, 9.17) is 28.3 Å². The number of aliphatic hydroxyl groups is 1. The highest BCUT2D eigenvalue weighted by Gasteiger charge is 2.34. The lowest BCUT2D eigenvalue weighted by molar-refractivity contribution is 0.265. The summed E-state index contributed by atoms with van der Waals surface area (Å²) in [5.41, 5.74) is 0. The van der Waals surface area contributed by atoms with E-state index in [-0.39, 0.29) is 21.9 Å². The third kappa shape index (κ3) is 3.37. The lowest BCUT2D eigenvalue weighted by Gasteiger charge is -2.16. The predicted octanol–water partition coefficient (Wildman–Crippen LogP) is 2.49. The number of sulfonamides is 1. The number of halogens is 2. The van der Waals surface area contributed by atoms with Gasteiger partial charge in [0, 0.05) is 12.6 Å². The lowest BCUT2D eigenvalue weighted by Crippen LogP contribution is -2.37. The highest BCUT2D eigenvalue weighted by molar-refractivity contribution is 7.89. The van der Waals surface area contributed by atoms with Crippen LogP contribution in [0, 0.1) is 5.92 Å². The molecule has 0 aliphatic heterocycles. The van der Waals surface area contributed by atoms with Gasteiger partial charge in [-0.1, -0.05) is 23.2 Å². The molecule has 2 rings (SSSR count). The second-order valence-corrected chi connectivity index (χ2v) is 8.23. The molecule has 1 aliphatic rings. The van der Waals surface area contributed by atoms with Gasteiger partial charge in [-0.3, -0.25) is 0 Å². The minimum Gasteiger partial charge on any atom is -0.396 e. The Balaban J connectivity index is 2.17. The molecule has 0 amide bonds. The Hall–Kier alpha value is 0.150. The zero-order chi connectivity index (χ0) is 13.3. The molecule has 1 saturated carbocycles. The molecule has 4 nitrogen and oxygen atoms in total. The van der Waals surface area contributed by atoms with Gasteiger partial charge in [-0.25, -0.2) is 13.1 Å². The number of thiophene rings is 1. The van der Waals surface area contributed by atoms with Crippen molar-refractivity contribution in [1.82, 2.24) is 4.72 Å². The Bertz CT molecular complexity index is 525. The zero-order valence-electron chi connectivity index (χ0n) is 9.40. The monoisotopic (exact) mass is 329 g/mol. The van der Waals surface area contributed by atoms with E-state index < -0.39 is 10.0 Å². The maximum absolute atomic E-state index is 12.2. The van der Waals surface area contributed by atoms with Crippen LogP contribution in [0.2, 0.25) is 8.67 Å². The molecule has 1 aliphatic carbocycles. The van der Waals surface area contributed by atoms with Gasteiger partial charge in [-0.2, -0.15) is 0 Å². The first-order valence-electron chi connectivity index (χ1n) is 5.52. The van der Waals surface area contributed by atoms with Gasteiger partial charge in [0.25, 0.3) is 0 Å². The summed E-state index contributed by atoms with van der Waals surface area (Å²) in [4.78, 5) is 0.0164. The van der Waals surface area contributed by atoms with Gasteiger partial charge in [-0.05, 0) is 31.2 Å². The first-order chi connectivity index (χ1) is 8.44. The minimum absolute atomic E-state index is 0.0164. The summed E-state index contributed by atoms with van der Waals surface area (Å²) in [5, 5.41) is 8.96. The summed E-state index contributed by atoms with van der Waals surface area (Å²) in [7, 11) is -3.66. The van der Waals surface area contributed by atoms with Crippen molar-refractivity contribution >= 4 is 44.6 Å². The van der Waals surface area contributed by atoms with Crippen molar-refractivity contribution in [2.75, 3.05) is 6.61 Å². The highest BCUT2D eigenvalue weighted by atomic mass is 35.5. The second-order valence-electron chi connectivity index (χ2n) is 4.27. The third-order valence-corrected chi connectivity index (χ3v) is 6.10. The molecule has 1 aromatic heterocycles. The molecule has 1 atom stereocenters. The van der Waals surface area contributed by atoms with E-state index in [9.17, 15) is 8.42 Å². The lowest BCUT2D eigenvalue weighted by atomic mass is 10.1. The van der Waals surface area contributed by atoms with E-state index in [0.717, 1.165) is 24.2 Å². The van der Waals surface area contributed by atoms with Crippen molar-refractivity contribution in [3.05, 3.63) is 14.7 Å². The fraction of sp³-hybridized carbons (Fsp3) is 0.600. The van der Waals surface area contributed by atoms with E-state index in [1.807, 2.05) is 0 Å². The smallest absolute Gasteiger partial charge is 0.243 e. The number of hydrogen-bond acceptors (Lipinski definition) is 4. The third-order valence-electron chi connectivity index (χ3n) is 2.85. The quantitative estimate of drug-likeness (QED) is 0.842. The summed E-state index contributed by atoms with van der Waals surface area (Å²) in [6.07, 6.45) is 2.40. The van der Waals surface area contributed by atoms with Gasteiger partial charge in [0.05, 0.1) is 4.34 Å². The van der Waals surface area contributed by atoms with E-state index in [1.165, 1.54) is 6.07 Å². The highest BCUT2D eigenvalue weighted by Crippen LogP contribution is 2.37. The molecule has 8 heteroatoms. The molecule has 1 aromatic rings. The fourth-order valence-electron chi connectivity index (χ4n) is 1.80. The van der Waals surface area contributed by atoms with Crippen molar-refractivity contribution in [2.45, 2.75) is 30.2 Å². The van der Waals surface area contributed by atoms with Crippen LogP contribution in [0.5, 0.6) is 0 Å². The first kappa shape index (κ1) is 14.6. The van der Waals surface area contributed by atoms with Crippen LogP contribution in [0.3, 0.4) is 0 Å². The Morgan fingerprint density at radius 3 is 2.61 bits per heavy atom. The molecule has 102 valence electrons. The van der Waals surface area contributed by atoms with Gasteiger partial charge in [0.1, 0.15) is 9.23 Å². The van der Waals surface area contributed by atoms with Crippen LogP contribution in [-0.4, -0.2) is 26.2 Å². The predicted molar refractivity (Wildman–Crippen MR) is 72.9 cm³/mol. The Kier molecular flexibility index (Phi) is 4.57. The van der Waals surface area contributed by atoms with E-state index in [1.54, 1.807) is 0 Å². The van der Waals surface area contributed by atoms with Crippen molar-refractivity contribution in [3.8, 4) is 0 Å². The number of hydrogen-bond donors (Lipinski definition) is 2. The van der Waals surface area contributed by atoms with Crippen molar-refractivity contribution in [3.63, 3.8) is 0 Å². The van der Waals surface area contributed by atoms with Gasteiger partial charge < -0.3 is 5.11 Å². The van der Waals surface area contributed by atoms with Crippen LogP contribution >= 0.6 is 34.5 Å². The molecule has 0 spiro atoms. The van der Waals surface area contributed by atoms with Crippen LogP contribution < -0.4 is 4.72 Å². The molecule has 0 saturated heterocycles. The van der Waals surface area contributed by atoms with Crippen molar-refractivity contribution in [1.29, 1.82) is 0 Å². The van der Waals surface area contributed by atoms with Crippen LogP contribution in [0.1, 0.15) is 19.3 Å². The molecular weight excluding hydrogens is 317 g/mol. The molecule has 0 aromatic carbocycles. The van der Waals surface area contributed by atoms with E-state index in [2.05, 4.69) is 4.72 Å². The topological polar surface area (TPSA) is 66.4 Å². The number of nitrogens with one attached hydrogen (secondary N) is 1. The Labute approximate surface area is 120 Å². The fourth-order valence-corrected chi connectivity index (χ4v) is 5.29. The second kappa shape index (κ2) is 5.64. The summed E-state index contributed by atoms with van der Waals surface area (Å²) >= 11 is 12.6. The number of aliphatic hydroxyl groups excluding tert-OH is 1. The molecule has 1 unspecified atom stereocenters. The van der Waals surface area contributed by atoms with Gasteiger partial charge >= 0.3 is 0 Å². The van der Waals surface area contributed by atoms with Gasteiger partial charge in [0.2, 0.25) is 10.0 Å². The standard InChI is InChI=1S/C10H13Cl2NO3S2/c11-9-5-8(10(12)17-9)18(15,16)13-7(3-4-14)6-1-2-6/h5-7,13-14H,1-4H2. The maximum atomic E-state index is 12.2. The summed E-state index contributed by atoms with van der Waals surface area (Å²) in [6, 6.07) is 1.12. The van der Waals surface area contributed by atoms with Crippen molar-refractivity contribution < 1.29 is 13.5 Å². The molecule has 2 N–H and O–H groups in total. The van der Waals surface area contributed by atoms with E-state index >= 15 is 0 Å². The van der Waals surface area contributed by atoms with E-state index in [0.29, 0.717) is 16.7 Å². The zero-order valence-corrected chi connectivity index (χ0v) is 12.5. The summed E-state index contributed by atoms with van der Waals surface area (Å²) < 4.78 is 27.4.